The van der Waals surface area contributed by atoms with E-state index in [1.807, 2.05) is 4.57 Å². The third kappa shape index (κ3) is 1.88. The molecule has 0 radical (unpaired) electrons. The highest BCUT2D eigenvalue weighted by atomic mass is 19.1. The molecule has 1 aromatic heterocycles. The number of anilines is 1. The summed E-state index contributed by atoms with van der Waals surface area (Å²) in [6.07, 6.45) is 2.65. The van der Waals surface area contributed by atoms with Gasteiger partial charge < -0.3 is 10.3 Å². The number of rotatable bonds is 3. The Morgan fingerprint density at radius 3 is 2.94 bits per heavy atom. The van der Waals surface area contributed by atoms with Gasteiger partial charge in [-0.15, -0.1) is 10.2 Å². The van der Waals surface area contributed by atoms with Crippen molar-refractivity contribution >= 4 is 5.69 Å². The third-order valence-electron chi connectivity index (χ3n) is 2.33. The molecule has 0 atom stereocenters. The molecule has 2 rings (SSSR count). The molecule has 4 nitrogen and oxygen atoms in total. The fraction of sp³-hybridized carbons (Fsp3) is 0.273. The lowest BCUT2D eigenvalue weighted by atomic mass is 10.2. The molecule has 16 heavy (non-hydrogen) atoms. The van der Waals surface area contributed by atoms with E-state index in [4.69, 9.17) is 5.73 Å². The van der Waals surface area contributed by atoms with Crippen molar-refractivity contribution in [1.82, 2.24) is 14.8 Å². The van der Waals surface area contributed by atoms with Gasteiger partial charge in [-0.3, -0.25) is 0 Å². The van der Waals surface area contributed by atoms with E-state index < -0.39 is 5.82 Å². The predicted octanol–water partition coefficient (Wildman–Crippen LogP) is 2.08. The van der Waals surface area contributed by atoms with E-state index in [1.54, 1.807) is 18.5 Å². The standard InChI is InChI=1S/C11H13FN4/c1-2-5-16-7-14-15-11(16)8-3-4-9(12)10(13)6-8/h3-4,6-7H,2,5,13H2,1H3. The first-order valence-electron chi connectivity index (χ1n) is 5.15. The number of hydrogen-bond acceptors (Lipinski definition) is 3. The van der Waals surface area contributed by atoms with Crippen molar-refractivity contribution in [2.24, 2.45) is 0 Å². The summed E-state index contributed by atoms with van der Waals surface area (Å²) in [6, 6.07) is 4.57. The number of benzene rings is 1. The molecular formula is C11H13FN4. The minimum absolute atomic E-state index is 0.128. The maximum Gasteiger partial charge on any atom is 0.163 e. The van der Waals surface area contributed by atoms with Crippen LogP contribution in [0.25, 0.3) is 11.4 Å². The van der Waals surface area contributed by atoms with Crippen molar-refractivity contribution < 1.29 is 4.39 Å². The summed E-state index contributed by atoms with van der Waals surface area (Å²) in [5, 5.41) is 7.86. The summed E-state index contributed by atoms with van der Waals surface area (Å²) in [7, 11) is 0. The maximum atomic E-state index is 13.0. The lowest BCUT2D eigenvalue weighted by Crippen LogP contribution is -1.99. The maximum absolute atomic E-state index is 13.0. The second-order valence-corrected chi connectivity index (χ2v) is 3.58. The lowest BCUT2D eigenvalue weighted by Gasteiger charge is -2.05. The SMILES string of the molecule is CCCn1cnnc1-c1ccc(F)c(N)c1. The quantitative estimate of drug-likeness (QED) is 0.805. The molecule has 0 bridgehead atoms. The van der Waals surface area contributed by atoms with Gasteiger partial charge >= 0.3 is 0 Å². The Morgan fingerprint density at radius 2 is 2.25 bits per heavy atom. The van der Waals surface area contributed by atoms with Crippen molar-refractivity contribution in [1.29, 1.82) is 0 Å². The molecule has 5 heteroatoms. The molecule has 0 fully saturated rings. The van der Waals surface area contributed by atoms with Gasteiger partial charge in [0.1, 0.15) is 12.1 Å². The predicted molar refractivity (Wildman–Crippen MR) is 60.1 cm³/mol. The van der Waals surface area contributed by atoms with E-state index >= 15 is 0 Å². The molecule has 2 aromatic rings. The zero-order chi connectivity index (χ0) is 11.5. The minimum atomic E-state index is -0.412. The number of nitrogens with zero attached hydrogens (tertiary/aromatic N) is 3. The molecule has 1 aromatic carbocycles. The molecular weight excluding hydrogens is 207 g/mol. The average Bonchev–Trinajstić information content (AvgIpc) is 2.71. The molecule has 1 heterocycles. The smallest absolute Gasteiger partial charge is 0.163 e. The molecule has 0 saturated carbocycles. The largest absolute Gasteiger partial charge is 0.396 e. The van der Waals surface area contributed by atoms with Crippen LogP contribution in [0.15, 0.2) is 24.5 Å². The molecule has 2 N–H and O–H groups in total. The van der Waals surface area contributed by atoms with Crippen molar-refractivity contribution in [2.45, 2.75) is 19.9 Å². The molecule has 0 aliphatic rings. The Morgan fingerprint density at radius 1 is 1.44 bits per heavy atom. The van der Waals surface area contributed by atoms with Crippen LogP contribution >= 0.6 is 0 Å². The van der Waals surface area contributed by atoms with Gasteiger partial charge in [0.05, 0.1) is 5.69 Å². The molecule has 0 aliphatic carbocycles. The van der Waals surface area contributed by atoms with E-state index in [9.17, 15) is 4.39 Å². The van der Waals surface area contributed by atoms with Crippen molar-refractivity contribution in [2.75, 3.05) is 5.73 Å². The zero-order valence-electron chi connectivity index (χ0n) is 9.02. The van der Waals surface area contributed by atoms with Crippen molar-refractivity contribution in [3.63, 3.8) is 0 Å². The zero-order valence-corrected chi connectivity index (χ0v) is 9.02. The normalized spacial score (nSPS) is 10.6. The van der Waals surface area contributed by atoms with Crippen LogP contribution in [0.4, 0.5) is 10.1 Å². The van der Waals surface area contributed by atoms with Gasteiger partial charge in [-0.1, -0.05) is 6.92 Å². The average molecular weight is 220 g/mol. The van der Waals surface area contributed by atoms with Crippen LogP contribution in [0.2, 0.25) is 0 Å². The highest BCUT2D eigenvalue weighted by Gasteiger charge is 2.08. The first kappa shape index (κ1) is 10.6. The number of aryl methyl sites for hydroxylation is 1. The Kier molecular flexibility index (Phi) is 2.85. The molecule has 84 valence electrons. The van der Waals surface area contributed by atoms with E-state index in [-0.39, 0.29) is 5.69 Å². The van der Waals surface area contributed by atoms with Gasteiger partial charge in [-0.05, 0) is 24.6 Å². The first-order chi connectivity index (χ1) is 7.72. The number of nitrogen functional groups attached to an aromatic ring is 1. The number of nitrogens with two attached hydrogens (primary N) is 1. The van der Waals surface area contributed by atoms with E-state index in [2.05, 4.69) is 17.1 Å². The van der Waals surface area contributed by atoms with Crippen molar-refractivity contribution in [3.8, 4) is 11.4 Å². The van der Waals surface area contributed by atoms with E-state index in [0.717, 1.165) is 18.5 Å². The number of hydrogen-bond donors (Lipinski definition) is 1. The van der Waals surface area contributed by atoms with Crippen LogP contribution in [0.1, 0.15) is 13.3 Å². The molecule has 0 amide bonds. The lowest BCUT2D eigenvalue weighted by molar-refractivity contribution is 0.632. The Bertz CT molecular complexity index is 492. The second kappa shape index (κ2) is 4.30. The summed E-state index contributed by atoms with van der Waals surface area (Å²) >= 11 is 0. The fourth-order valence-corrected chi connectivity index (χ4v) is 1.57. The Labute approximate surface area is 92.9 Å². The summed E-state index contributed by atoms with van der Waals surface area (Å²) in [5.41, 5.74) is 6.43. The molecule has 0 unspecified atom stereocenters. The van der Waals surface area contributed by atoms with Crippen molar-refractivity contribution in [3.05, 3.63) is 30.3 Å². The topological polar surface area (TPSA) is 56.7 Å². The van der Waals surface area contributed by atoms with Crippen LogP contribution in [-0.4, -0.2) is 14.8 Å². The third-order valence-corrected chi connectivity index (χ3v) is 2.33. The highest BCUT2D eigenvalue weighted by Crippen LogP contribution is 2.21. The summed E-state index contributed by atoms with van der Waals surface area (Å²) in [6.45, 7) is 2.91. The van der Waals surface area contributed by atoms with Gasteiger partial charge in [-0.2, -0.15) is 0 Å². The summed E-state index contributed by atoms with van der Waals surface area (Å²) in [4.78, 5) is 0. The number of halogens is 1. The first-order valence-corrected chi connectivity index (χ1v) is 5.15. The monoisotopic (exact) mass is 220 g/mol. The Hall–Kier alpha value is -1.91. The fourth-order valence-electron chi connectivity index (χ4n) is 1.57. The Balaban J connectivity index is 2.42. The van der Waals surface area contributed by atoms with Crippen LogP contribution in [-0.2, 0) is 6.54 Å². The van der Waals surface area contributed by atoms with Gasteiger partial charge in [0.25, 0.3) is 0 Å². The highest BCUT2D eigenvalue weighted by molar-refractivity contribution is 5.61. The minimum Gasteiger partial charge on any atom is -0.396 e. The van der Waals surface area contributed by atoms with Gasteiger partial charge in [-0.25, -0.2) is 4.39 Å². The van der Waals surface area contributed by atoms with Crippen LogP contribution in [0, 0.1) is 5.82 Å². The molecule has 0 aliphatic heterocycles. The number of aromatic nitrogens is 3. The second-order valence-electron chi connectivity index (χ2n) is 3.58. The van der Waals surface area contributed by atoms with Gasteiger partial charge in [0.2, 0.25) is 0 Å². The summed E-state index contributed by atoms with van der Waals surface area (Å²) < 4.78 is 14.9. The van der Waals surface area contributed by atoms with Gasteiger partial charge in [0.15, 0.2) is 5.82 Å². The molecule has 0 saturated heterocycles. The van der Waals surface area contributed by atoms with Gasteiger partial charge in [0, 0.05) is 12.1 Å². The van der Waals surface area contributed by atoms with E-state index in [0.29, 0.717) is 5.82 Å². The van der Waals surface area contributed by atoms with E-state index in [1.165, 1.54) is 6.07 Å². The van der Waals surface area contributed by atoms with Crippen LogP contribution in [0.3, 0.4) is 0 Å². The summed E-state index contributed by atoms with van der Waals surface area (Å²) in [5.74, 6) is 0.304. The van der Waals surface area contributed by atoms with Crippen LogP contribution < -0.4 is 5.73 Å². The molecule has 0 spiro atoms. The van der Waals surface area contributed by atoms with Crippen LogP contribution in [0.5, 0.6) is 0 Å².